The molecule has 0 aromatic carbocycles. The fourth-order valence-electron chi connectivity index (χ4n) is 3.54. The van der Waals surface area contributed by atoms with Crippen LogP contribution in [0.4, 0.5) is 0 Å². The lowest BCUT2D eigenvalue weighted by Crippen LogP contribution is -2.59. The number of aliphatic hydroxyl groups is 1. The second kappa shape index (κ2) is 6.33. The smallest absolute Gasteiger partial charge is 0.0601 e. The molecule has 2 heterocycles. The van der Waals surface area contributed by atoms with E-state index in [0.717, 1.165) is 26.1 Å². The average molecular weight is 255 g/mol. The van der Waals surface area contributed by atoms with Crippen LogP contribution in [0, 0.1) is 5.92 Å². The molecule has 18 heavy (non-hydrogen) atoms. The summed E-state index contributed by atoms with van der Waals surface area (Å²) in [6.45, 7) is 9.16. The van der Waals surface area contributed by atoms with E-state index >= 15 is 0 Å². The molecule has 2 aliphatic heterocycles. The molecule has 0 bridgehead atoms. The van der Waals surface area contributed by atoms with E-state index in [1.807, 2.05) is 0 Å². The molecule has 2 aliphatic rings. The van der Waals surface area contributed by atoms with Gasteiger partial charge in [0.2, 0.25) is 0 Å². The number of fused-ring (bicyclic) bond motifs is 1. The van der Waals surface area contributed by atoms with Crippen LogP contribution in [0.15, 0.2) is 0 Å². The molecule has 106 valence electrons. The van der Waals surface area contributed by atoms with E-state index < -0.39 is 0 Å². The molecule has 0 aromatic rings. The molecule has 0 saturated carbocycles. The minimum atomic E-state index is 0.1000. The van der Waals surface area contributed by atoms with Crippen LogP contribution < -0.4 is 5.73 Å². The summed E-state index contributed by atoms with van der Waals surface area (Å²) >= 11 is 0. The number of nitrogens with zero attached hydrogens (tertiary/aromatic N) is 2. The van der Waals surface area contributed by atoms with Crippen molar-refractivity contribution in [3.8, 4) is 0 Å². The maximum absolute atomic E-state index is 9.67. The van der Waals surface area contributed by atoms with Crippen molar-refractivity contribution < 1.29 is 5.11 Å². The van der Waals surface area contributed by atoms with Crippen molar-refractivity contribution in [1.82, 2.24) is 9.80 Å². The Bertz CT molecular complexity index is 259. The Morgan fingerprint density at radius 3 is 2.72 bits per heavy atom. The summed E-state index contributed by atoms with van der Waals surface area (Å²) in [5.41, 5.74) is 6.28. The highest BCUT2D eigenvalue weighted by molar-refractivity contribution is 4.92. The van der Waals surface area contributed by atoms with Crippen LogP contribution in [0.1, 0.15) is 33.1 Å². The molecular formula is C14H29N3O. The van der Waals surface area contributed by atoms with Gasteiger partial charge in [-0.15, -0.1) is 0 Å². The van der Waals surface area contributed by atoms with E-state index in [4.69, 9.17) is 5.73 Å². The van der Waals surface area contributed by atoms with Gasteiger partial charge in [0.05, 0.1) is 6.61 Å². The van der Waals surface area contributed by atoms with Gasteiger partial charge in [-0.25, -0.2) is 0 Å². The molecule has 0 spiro atoms. The molecule has 3 atom stereocenters. The molecule has 2 fully saturated rings. The number of nitrogens with two attached hydrogens (primary N) is 1. The molecule has 0 aliphatic carbocycles. The third-order valence-electron chi connectivity index (χ3n) is 4.51. The summed E-state index contributed by atoms with van der Waals surface area (Å²) in [7, 11) is 0. The summed E-state index contributed by atoms with van der Waals surface area (Å²) < 4.78 is 0. The zero-order chi connectivity index (χ0) is 13.1. The predicted octanol–water partition coefficient (Wildman–Crippen LogP) is 0.501. The molecule has 4 nitrogen and oxygen atoms in total. The van der Waals surface area contributed by atoms with Crippen LogP contribution in [0.2, 0.25) is 0 Å². The molecule has 0 radical (unpaired) electrons. The Labute approximate surface area is 111 Å². The maximum atomic E-state index is 9.67. The van der Waals surface area contributed by atoms with Gasteiger partial charge in [-0.05, 0) is 31.7 Å². The first-order valence-corrected chi connectivity index (χ1v) is 7.46. The van der Waals surface area contributed by atoms with E-state index in [1.54, 1.807) is 0 Å². The average Bonchev–Trinajstić information content (AvgIpc) is 2.76. The van der Waals surface area contributed by atoms with Gasteiger partial charge in [0.1, 0.15) is 0 Å². The van der Waals surface area contributed by atoms with Crippen molar-refractivity contribution in [2.75, 3.05) is 32.8 Å². The van der Waals surface area contributed by atoms with Crippen LogP contribution in [0.25, 0.3) is 0 Å². The van der Waals surface area contributed by atoms with Crippen molar-refractivity contribution in [1.29, 1.82) is 0 Å². The fourth-order valence-corrected chi connectivity index (χ4v) is 3.54. The molecule has 4 heteroatoms. The number of aliphatic hydroxyl groups excluding tert-OH is 1. The van der Waals surface area contributed by atoms with Crippen LogP contribution in [-0.2, 0) is 0 Å². The standard InChI is InChI=1S/C14H29N3O/c1-11(2)8-13(15)14(10-18)17-7-6-16-5-3-4-12(16)9-17/h11-14,18H,3-10,15H2,1-2H3. The van der Waals surface area contributed by atoms with Gasteiger partial charge in [-0.2, -0.15) is 0 Å². The summed E-state index contributed by atoms with van der Waals surface area (Å²) in [5.74, 6) is 0.599. The lowest BCUT2D eigenvalue weighted by atomic mass is 9.96. The summed E-state index contributed by atoms with van der Waals surface area (Å²) in [6.07, 6.45) is 3.64. The van der Waals surface area contributed by atoms with E-state index in [9.17, 15) is 5.11 Å². The van der Waals surface area contributed by atoms with Crippen molar-refractivity contribution in [3.05, 3.63) is 0 Å². The van der Waals surface area contributed by atoms with E-state index in [1.165, 1.54) is 19.4 Å². The fraction of sp³-hybridized carbons (Fsp3) is 1.00. The minimum Gasteiger partial charge on any atom is -0.395 e. The first-order valence-electron chi connectivity index (χ1n) is 7.46. The Kier molecular flexibility index (Phi) is 5.01. The predicted molar refractivity (Wildman–Crippen MR) is 74.5 cm³/mol. The number of rotatable bonds is 5. The number of hydrogen-bond acceptors (Lipinski definition) is 4. The first kappa shape index (κ1) is 14.3. The van der Waals surface area contributed by atoms with Crippen LogP contribution in [0.3, 0.4) is 0 Å². The molecule has 0 amide bonds. The van der Waals surface area contributed by atoms with Crippen molar-refractivity contribution in [2.24, 2.45) is 11.7 Å². The third-order valence-corrected chi connectivity index (χ3v) is 4.51. The van der Waals surface area contributed by atoms with Gasteiger partial charge >= 0.3 is 0 Å². The first-order chi connectivity index (χ1) is 8.61. The Hall–Kier alpha value is -0.160. The molecule has 2 saturated heterocycles. The van der Waals surface area contributed by atoms with Gasteiger partial charge in [0.15, 0.2) is 0 Å². The van der Waals surface area contributed by atoms with Crippen LogP contribution >= 0.6 is 0 Å². The van der Waals surface area contributed by atoms with Gasteiger partial charge < -0.3 is 10.8 Å². The zero-order valence-corrected chi connectivity index (χ0v) is 11.9. The molecule has 3 unspecified atom stereocenters. The Morgan fingerprint density at radius 1 is 1.28 bits per heavy atom. The highest BCUT2D eigenvalue weighted by Crippen LogP contribution is 2.23. The SMILES string of the molecule is CC(C)CC(N)C(CO)N1CCN2CCCC2C1. The summed E-state index contributed by atoms with van der Waals surface area (Å²) in [5, 5.41) is 9.67. The lowest BCUT2D eigenvalue weighted by Gasteiger charge is -2.43. The lowest BCUT2D eigenvalue weighted by molar-refractivity contribution is 0.0334. The molecule has 3 N–H and O–H groups in total. The zero-order valence-electron chi connectivity index (χ0n) is 11.9. The topological polar surface area (TPSA) is 52.7 Å². The summed E-state index contributed by atoms with van der Waals surface area (Å²) in [6, 6.07) is 0.956. The Balaban J connectivity index is 1.91. The molecule has 0 aromatic heterocycles. The van der Waals surface area contributed by atoms with E-state index in [0.29, 0.717) is 12.0 Å². The van der Waals surface area contributed by atoms with Crippen molar-refractivity contribution in [3.63, 3.8) is 0 Å². The van der Waals surface area contributed by atoms with Gasteiger partial charge in [0, 0.05) is 37.8 Å². The number of piperazine rings is 1. The van der Waals surface area contributed by atoms with Gasteiger partial charge in [-0.1, -0.05) is 13.8 Å². The normalized spacial score (nSPS) is 29.5. The van der Waals surface area contributed by atoms with Crippen molar-refractivity contribution in [2.45, 2.75) is 51.2 Å². The molecule has 2 rings (SSSR count). The highest BCUT2D eigenvalue weighted by atomic mass is 16.3. The Morgan fingerprint density at radius 2 is 2.06 bits per heavy atom. The van der Waals surface area contributed by atoms with E-state index in [2.05, 4.69) is 23.6 Å². The highest BCUT2D eigenvalue weighted by Gasteiger charge is 2.35. The van der Waals surface area contributed by atoms with E-state index in [-0.39, 0.29) is 18.7 Å². The van der Waals surface area contributed by atoms with Crippen molar-refractivity contribution >= 4 is 0 Å². The largest absolute Gasteiger partial charge is 0.395 e. The second-order valence-electron chi connectivity index (χ2n) is 6.37. The second-order valence-corrected chi connectivity index (χ2v) is 6.37. The monoisotopic (exact) mass is 255 g/mol. The number of hydrogen-bond donors (Lipinski definition) is 2. The van der Waals surface area contributed by atoms with Crippen LogP contribution in [0.5, 0.6) is 0 Å². The maximum Gasteiger partial charge on any atom is 0.0601 e. The summed E-state index contributed by atoms with van der Waals surface area (Å²) in [4.78, 5) is 5.03. The molecular weight excluding hydrogens is 226 g/mol. The quantitative estimate of drug-likeness (QED) is 0.751. The van der Waals surface area contributed by atoms with Crippen LogP contribution in [-0.4, -0.2) is 65.8 Å². The third kappa shape index (κ3) is 3.23. The van der Waals surface area contributed by atoms with Gasteiger partial charge in [0.25, 0.3) is 0 Å². The van der Waals surface area contributed by atoms with Gasteiger partial charge in [-0.3, -0.25) is 9.80 Å². The minimum absolute atomic E-state index is 0.1000.